The molecule has 7 nitrogen and oxygen atoms in total. The van der Waals surface area contributed by atoms with E-state index >= 15 is 0 Å². The number of Topliss-reactive ketones (excluding diaryl/α,β-unsaturated/α-hetero) is 1. The van der Waals surface area contributed by atoms with E-state index in [0.717, 1.165) is 5.52 Å². The van der Waals surface area contributed by atoms with Gasteiger partial charge in [-0.15, -0.1) is 0 Å². The van der Waals surface area contributed by atoms with E-state index in [1.54, 1.807) is 24.3 Å². The number of carbonyl (C=O) groups is 2. The molecule has 1 unspecified atom stereocenters. The Morgan fingerprint density at radius 1 is 0.971 bits per heavy atom. The van der Waals surface area contributed by atoms with Crippen LogP contribution in [0.5, 0.6) is 5.75 Å². The van der Waals surface area contributed by atoms with Gasteiger partial charge in [0.25, 0.3) is 5.78 Å². The summed E-state index contributed by atoms with van der Waals surface area (Å²) in [4.78, 5) is 35.5. The van der Waals surface area contributed by atoms with Crippen molar-refractivity contribution in [3.05, 3.63) is 95.6 Å². The summed E-state index contributed by atoms with van der Waals surface area (Å²) in [5.74, 6) is -0.879. The Morgan fingerprint density at radius 2 is 1.65 bits per heavy atom. The molecule has 7 heteroatoms. The largest absolute Gasteiger partial charge is 0.507 e. The molecule has 5 rings (SSSR count). The fourth-order valence-corrected chi connectivity index (χ4v) is 4.17. The number of rotatable bonds is 5. The first kappa shape index (κ1) is 21.5. The van der Waals surface area contributed by atoms with Crippen LogP contribution in [0, 0.1) is 0 Å². The van der Waals surface area contributed by atoms with Crippen molar-refractivity contribution < 1.29 is 19.4 Å². The fourth-order valence-electron chi connectivity index (χ4n) is 4.17. The van der Waals surface area contributed by atoms with Gasteiger partial charge >= 0.3 is 5.91 Å². The van der Waals surface area contributed by atoms with E-state index < -0.39 is 17.7 Å². The molecule has 0 saturated carbocycles. The third-order valence-corrected chi connectivity index (χ3v) is 5.66. The number of amides is 1. The molecule has 2 N–H and O–H groups in total. The second kappa shape index (κ2) is 8.51. The van der Waals surface area contributed by atoms with E-state index in [4.69, 9.17) is 4.74 Å². The van der Waals surface area contributed by atoms with Gasteiger partial charge in [0.15, 0.2) is 0 Å². The highest BCUT2D eigenvalue weighted by Gasteiger charge is 2.48. The predicted molar refractivity (Wildman–Crippen MR) is 130 cm³/mol. The number of imidazole rings is 1. The van der Waals surface area contributed by atoms with Crippen LogP contribution in [0.1, 0.15) is 31.0 Å². The zero-order valence-corrected chi connectivity index (χ0v) is 18.7. The Labute approximate surface area is 196 Å². The van der Waals surface area contributed by atoms with Gasteiger partial charge < -0.3 is 14.8 Å². The van der Waals surface area contributed by atoms with Gasteiger partial charge in [-0.05, 0) is 55.8 Å². The number of hydrogen-bond acceptors (Lipinski definition) is 5. The molecule has 0 aliphatic carbocycles. The van der Waals surface area contributed by atoms with Crippen LogP contribution in [0.15, 0.2) is 84.4 Å². The summed E-state index contributed by atoms with van der Waals surface area (Å²) in [5, 5.41) is 11.2. The van der Waals surface area contributed by atoms with Crippen molar-refractivity contribution in [3.8, 4) is 5.75 Å². The lowest BCUT2D eigenvalue weighted by molar-refractivity contribution is -0.132. The van der Waals surface area contributed by atoms with Gasteiger partial charge in [0.1, 0.15) is 11.5 Å². The number of nitrogens with one attached hydrogen (secondary N) is 1. The first-order valence-corrected chi connectivity index (χ1v) is 11.0. The lowest BCUT2D eigenvalue weighted by atomic mass is 9.95. The Balaban J connectivity index is 1.65. The minimum absolute atomic E-state index is 0.00617. The second-order valence-corrected chi connectivity index (χ2v) is 8.35. The summed E-state index contributed by atoms with van der Waals surface area (Å²) in [7, 11) is 0. The van der Waals surface area contributed by atoms with Crippen molar-refractivity contribution in [1.29, 1.82) is 0 Å². The first-order chi connectivity index (χ1) is 16.4. The molecule has 170 valence electrons. The minimum atomic E-state index is -0.839. The number of ether oxygens (including phenoxy) is 1. The molecule has 3 aromatic carbocycles. The Kier molecular flexibility index (Phi) is 5.37. The molecule has 2 heterocycles. The molecule has 1 fully saturated rings. The maximum absolute atomic E-state index is 13.2. The summed E-state index contributed by atoms with van der Waals surface area (Å²) in [6.07, 6.45) is 0.00617. The highest BCUT2D eigenvalue weighted by Crippen LogP contribution is 2.41. The number of benzene rings is 3. The van der Waals surface area contributed by atoms with Crippen molar-refractivity contribution in [3.63, 3.8) is 0 Å². The molecule has 1 amide bonds. The Bertz CT molecular complexity index is 1370. The SMILES string of the molecule is CC(C)Oc1ccc(/C(O)=C2\C(=O)C(=O)N(c3nc4ccccc4[nH]3)C2c2ccccc2)cc1. The molecule has 1 aromatic heterocycles. The maximum atomic E-state index is 13.2. The van der Waals surface area contributed by atoms with Crippen molar-refractivity contribution >= 4 is 34.4 Å². The zero-order valence-electron chi connectivity index (χ0n) is 18.7. The van der Waals surface area contributed by atoms with Crippen LogP contribution >= 0.6 is 0 Å². The summed E-state index contributed by atoms with van der Waals surface area (Å²) in [6, 6.07) is 22.5. The number of aromatic nitrogens is 2. The number of hydrogen-bond donors (Lipinski definition) is 2. The predicted octanol–water partition coefficient (Wildman–Crippen LogP) is 4.98. The first-order valence-electron chi connectivity index (χ1n) is 11.0. The van der Waals surface area contributed by atoms with Gasteiger partial charge in [0.2, 0.25) is 5.95 Å². The molecule has 1 aliphatic heterocycles. The van der Waals surface area contributed by atoms with Gasteiger partial charge in [-0.3, -0.25) is 14.5 Å². The Morgan fingerprint density at radius 3 is 2.32 bits per heavy atom. The van der Waals surface area contributed by atoms with Crippen LogP contribution in [0.3, 0.4) is 0 Å². The lowest BCUT2D eigenvalue weighted by Crippen LogP contribution is -2.30. The highest BCUT2D eigenvalue weighted by atomic mass is 16.5. The van der Waals surface area contributed by atoms with Crippen molar-refractivity contribution in [2.45, 2.75) is 26.0 Å². The number of nitrogens with zero attached hydrogens (tertiary/aromatic N) is 2. The van der Waals surface area contributed by atoms with Gasteiger partial charge in [0.05, 0.1) is 28.8 Å². The molecule has 0 bridgehead atoms. The maximum Gasteiger partial charge on any atom is 0.302 e. The average Bonchev–Trinajstić information content (AvgIpc) is 3.38. The second-order valence-electron chi connectivity index (χ2n) is 8.35. The number of fused-ring (bicyclic) bond motifs is 1. The smallest absolute Gasteiger partial charge is 0.302 e. The van der Waals surface area contributed by atoms with Gasteiger partial charge in [-0.1, -0.05) is 42.5 Å². The number of aromatic amines is 1. The number of aliphatic hydroxyl groups is 1. The quantitative estimate of drug-likeness (QED) is 0.253. The molecule has 0 radical (unpaired) electrons. The van der Waals surface area contributed by atoms with Crippen molar-refractivity contribution in [1.82, 2.24) is 9.97 Å². The molecule has 4 aromatic rings. The van der Waals surface area contributed by atoms with Crippen LogP contribution < -0.4 is 9.64 Å². The number of carbonyl (C=O) groups excluding carboxylic acids is 2. The van der Waals surface area contributed by atoms with E-state index in [0.29, 0.717) is 22.4 Å². The van der Waals surface area contributed by atoms with Crippen LogP contribution in [0.4, 0.5) is 5.95 Å². The average molecular weight is 453 g/mol. The molecule has 34 heavy (non-hydrogen) atoms. The monoisotopic (exact) mass is 453 g/mol. The van der Waals surface area contributed by atoms with Crippen LogP contribution in [-0.2, 0) is 9.59 Å². The molecule has 1 atom stereocenters. The number of H-pyrrole nitrogens is 1. The number of anilines is 1. The summed E-state index contributed by atoms with van der Waals surface area (Å²) >= 11 is 0. The third-order valence-electron chi connectivity index (χ3n) is 5.66. The summed E-state index contributed by atoms with van der Waals surface area (Å²) in [6.45, 7) is 3.85. The summed E-state index contributed by atoms with van der Waals surface area (Å²) < 4.78 is 5.67. The summed E-state index contributed by atoms with van der Waals surface area (Å²) in [5.41, 5.74) is 2.52. The van der Waals surface area contributed by atoms with Gasteiger partial charge in [-0.2, -0.15) is 0 Å². The molecule has 0 spiro atoms. The van der Waals surface area contributed by atoms with E-state index in [9.17, 15) is 14.7 Å². The third kappa shape index (κ3) is 3.71. The van der Waals surface area contributed by atoms with E-state index in [1.807, 2.05) is 68.4 Å². The number of aliphatic hydroxyl groups excluding tert-OH is 1. The normalized spacial score (nSPS) is 17.6. The number of para-hydroxylation sites is 2. The Hall–Kier alpha value is -4.39. The van der Waals surface area contributed by atoms with Gasteiger partial charge in [-0.25, -0.2) is 4.98 Å². The molecule has 1 aliphatic rings. The van der Waals surface area contributed by atoms with E-state index in [2.05, 4.69) is 9.97 Å². The minimum Gasteiger partial charge on any atom is -0.507 e. The van der Waals surface area contributed by atoms with Crippen LogP contribution in [0.2, 0.25) is 0 Å². The molecular formula is C27H23N3O4. The zero-order chi connectivity index (χ0) is 23.8. The van der Waals surface area contributed by atoms with Crippen molar-refractivity contribution in [2.24, 2.45) is 0 Å². The van der Waals surface area contributed by atoms with E-state index in [-0.39, 0.29) is 23.4 Å². The lowest BCUT2D eigenvalue weighted by Gasteiger charge is -2.23. The highest BCUT2D eigenvalue weighted by molar-refractivity contribution is 6.51. The van der Waals surface area contributed by atoms with Crippen LogP contribution in [-0.4, -0.2) is 32.9 Å². The molecule has 1 saturated heterocycles. The standard InChI is InChI=1S/C27H23N3O4/c1-16(2)34-19-14-12-18(13-15-19)24(31)22-23(17-8-4-3-5-9-17)30(26(33)25(22)32)27-28-20-10-6-7-11-21(20)29-27/h3-16,23,31H,1-2H3,(H,28,29)/b24-22+. The van der Waals surface area contributed by atoms with Crippen LogP contribution in [0.25, 0.3) is 16.8 Å². The molecular weight excluding hydrogens is 430 g/mol. The van der Waals surface area contributed by atoms with Crippen molar-refractivity contribution in [2.75, 3.05) is 4.90 Å². The fraction of sp³-hybridized carbons (Fsp3) is 0.148. The van der Waals surface area contributed by atoms with E-state index in [1.165, 1.54) is 4.90 Å². The topological polar surface area (TPSA) is 95.5 Å². The number of ketones is 1. The van der Waals surface area contributed by atoms with Gasteiger partial charge in [0, 0.05) is 5.56 Å².